The molecule has 0 aliphatic carbocycles. The molecule has 0 saturated heterocycles. The third-order valence-corrected chi connectivity index (χ3v) is 4.84. The Bertz CT molecular complexity index is 938. The molecule has 25 heavy (non-hydrogen) atoms. The van der Waals surface area contributed by atoms with Crippen molar-refractivity contribution in [3.05, 3.63) is 29.7 Å². The van der Waals surface area contributed by atoms with Gasteiger partial charge in [-0.05, 0) is 13.0 Å². The Morgan fingerprint density at radius 3 is 2.72 bits per heavy atom. The summed E-state index contributed by atoms with van der Waals surface area (Å²) in [5, 5.41) is 16.8. The van der Waals surface area contributed by atoms with E-state index in [9.17, 15) is 13.2 Å². The summed E-state index contributed by atoms with van der Waals surface area (Å²) in [5.74, 6) is -0.292. The number of halogens is 3. The molecule has 130 valence electrons. The average molecular weight is 387 g/mol. The molecule has 0 spiro atoms. The first-order valence-corrected chi connectivity index (χ1v) is 8.13. The van der Waals surface area contributed by atoms with Gasteiger partial charge in [0, 0.05) is 24.2 Å². The zero-order valence-corrected chi connectivity index (χ0v) is 14.0. The van der Waals surface area contributed by atoms with Crippen molar-refractivity contribution in [1.82, 2.24) is 20.2 Å². The van der Waals surface area contributed by atoms with Crippen LogP contribution in [-0.4, -0.2) is 36.8 Å². The van der Waals surface area contributed by atoms with Crippen LogP contribution < -0.4 is 0 Å². The number of nitrogens with zero attached hydrogens (tertiary/aromatic N) is 5. The van der Waals surface area contributed by atoms with Crippen LogP contribution >= 0.6 is 23.1 Å². The predicted molar refractivity (Wildman–Crippen MR) is 81.3 cm³/mol. The van der Waals surface area contributed by atoms with E-state index in [1.54, 1.807) is 0 Å². The SMILES string of the molecule is [CH-]=[N+](O)c1cnc(Sc2nnc(-c3c(C(F)(F)F)ccnc3C)o2)s1. The first kappa shape index (κ1) is 17.4. The van der Waals surface area contributed by atoms with Crippen molar-refractivity contribution < 1.29 is 27.5 Å². The molecular formula is C13H8F3N5O2S2. The van der Waals surface area contributed by atoms with Gasteiger partial charge in [0.25, 0.3) is 11.1 Å². The van der Waals surface area contributed by atoms with Crippen LogP contribution in [0.25, 0.3) is 11.5 Å². The smallest absolute Gasteiger partial charge is 0.411 e. The van der Waals surface area contributed by atoms with Gasteiger partial charge in [0.05, 0.1) is 23.5 Å². The molecule has 3 aromatic rings. The number of hydrogen-bond donors (Lipinski definition) is 1. The van der Waals surface area contributed by atoms with Gasteiger partial charge in [0.15, 0.2) is 5.00 Å². The van der Waals surface area contributed by atoms with Gasteiger partial charge >= 0.3 is 6.18 Å². The number of rotatable bonds is 4. The van der Waals surface area contributed by atoms with Crippen LogP contribution in [0.4, 0.5) is 18.2 Å². The van der Waals surface area contributed by atoms with Crippen LogP contribution in [0, 0.1) is 6.92 Å². The maximum absolute atomic E-state index is 13.2. The molecule has 1 N–H and O–H groups in total. The Kier molecular flexibility index (Phi) is 4.47. The summed E-state index contributed by atoms with van der Waals surface area (Å²) in [4.78, 5) is 7.82. The zero-order valence-electron chi connectivity index (χ0n) is 12.4. The molecule has 0 amide bonds. The second kappa shape index (κ2) is 6.44. The van der Waals surface area contributed by atoms with Crippen LogP contribution in [0.5, 0.6) is 0 Å². The van der Waals surface area contributed by atoms with E-state index in [4.69, 9.17) is 16.3 Å². The average Bonchev–Trinajstić information content (AvgIpc) is 3.16. The van der Waals surface area contributed by atoms with Gasteiger partial charge in [-0.25, -0.2) is 0 Å². The highest BCUT2D eigenvalue weighted by atomic mass is 32.2. The highest BCUT2D eigenvalue weighted by Gasteiger charge is 2.36. The lowest BCUT2D eigenvalue weighted by Gasteiger charge is -2.11. The molecule has 3 aromatic heterocycles. The van der Waals surface area contributed by atoms with Crippen LogP contribution in [-0.2, 0) is 6.18 Å². The third-order valence-electron chi connectivity index (χ3n) is 2.94. The molecule has 12 heteroatoms. The Morgan fingerprint density at radius 2 is 2.08 bits per heavy atom. The largest absolute Gasteiger partial charge is 0.417 e. The van der Waals surface area contributed by atoms with Crippen molar-refractivity contribution >= 4 is 34.8 Å². The molecule has 0 aliphatic rings. The summed E-state index contributed by atoms with van der Waals surface area (Å²) in [6.45, 7) is 6.58. The van der Waals surface area contributed by atoms with Gasteiger partial charge in [-0.2, -0.15) is 13.2 Å². The van der Waals surface area contributed by atoms with E-state index >= 15 is 0 Å². The van der Waals surface area contributed by atoms with Crippen molar-refractivity contribution in [3.8, 4) is 11.5 Å². The van der Waals surface area contributed by atoms with Crippen molar-refractivity contribution in [2.75, 3.05) is 0 Å². The second-order valence-corrected chi connectivity index (χ2v) is 6.81. The number of alkyl halides is 3. The Balaban J connectivity index is 1.93. The van der Waals surface area contributed by atoms with Gasteiger partial charge in [-0.3, -0.25) is 9.97 Å². The fraction of sp³-hybridized carbons (Fsp3) is 0.154. The fourth-order valence-electron chi connectivity index (χ4n) is 1.90. The molecule has 0 saturated carbocycles. The number of aromatic nitrogens is 4. The molecule has 0 unspecified atom stereocenters. The number of aryl methyl sites for hydroxylation is 1. The fourth-order valence-corrected chi connectivity index (χ4v) is 3.48. The Labute approximate surface area is 146 Å². The van der Waals surface area contributed by atoms with E-state index < -0.39 is 11.7 Å². The summed E-state index contributed by atoms with van der Waals surface area (Å²) in [7, 11) is 0. The van der Waals surface area contributed by atoms with Gasteiger partial charge < -0.3 is 9.62 Å². The highest BCUT2D eigenvalue weighted by Crippen LogP contribution is 2.39. The van der Waals surface area contributed by atoms with Gasteiger partial charge in [0.1, 0.15) is 4.34 Å². The zero-order chi connectivity index (χ0) is 18.2. The molecule has 3 heterocycles. The van der Waals surface area contributed by atoms with Gasteiger partial charge in [-0.1, -0.05) is 0 Å². The van der Waals surface area contributed by atoms with Crippen molar-refractivity contribution in [1.29, 1.82) is 0 Å². The van der Waals surface area contributed by atoms with Crippen molar-refractivity contribution in [2.45, 2.75) is 22.7 Å². The van der Waals surface area contributed by atoms with E-state index in [0.717, 1.165) is 35.4 Å². The third kappa shape index (κ3) is 3.64. The molecule has 0 aliphatic heterocycles. The summed E-state index contributed by atoms with van der Waals surface area (Å²) in [6, 6.07) is 0.851. The molecule has 0 atom stereocenters. The van der Waals surface area contributed by atoms with Gasteiger partial charge in [-0.15, -0.1) is 26.3 Å². The molecule has 3 rings (SSSR count). The molecule has 0 aromatic carbocycles. The van der Waals surface area contributed by atoms with E-state index in [1.165, 1.54) is 13.1 Å². The van der Waals surface area contributed by atoms with E-state index in [-0.39, 0.29) is 27.4 Å². The topological polar surface area (TPSA) is 87.9 Å². The van der Waals surface area contributed by atoms with Crippen LogP contribution in [0.3, 0.4) is 0 Å². The molecule has 0 fully saturated rings. The normalized spacial score (nSPS) is 11.7. The number of thiazole rings is 1. The lowest BCUT2D eigenvalue weighted by molar-refractivity contribution is -0.703. The minimum absolute atomic E-state index is 0.00575. The maximum atomic E-state index is 13.2. The van der Waals surface area contributed by atoms with E-state index in [1.807, 2.05) is 0 Å². The number of pyridine rings is 1. The van der Waals surface area contributed by atoms with Crippen molar-refractivity contribution in [2.24, 2.45) is 0 Å². The quantitative estimate of drug-likeness (QED) is 0.240. The van der Waals surface area contributed by atoms with Gasteiger partial charge in [0.2, 0.25) is 0 Å². The van der Waals surface area contributed by atoms with Crippen LogP contribution in [0.2, 0.25) is 0 Å². The predicted octanol–water partition coefficient (Wildman–Crippen LogP) is 3.68. The van der Waals surface area contributed by atoms with Crippen molar-refractivity contribution in [3.63, 3.8) is 0 Å². The first-order valence-electron chi connectivity index (χ1n) is 6.50. The lowest BCUT2D eigenvalue weighted by atomic mass is 10.1. The molecule has 7 nitrogen and oxygen atoms in total. The molecule has 0 radical (unpaired) electrons. The van der Waals surface area contributed by atoms with E-state index in [2.05, 4.69) is 20.2 Å². The van der Waals surface area contributed by atoms with E-state index in [0.29, 0.717) is 9.08 Å². The summed E-state index contributed by atoms with van der Waals surface area (Å²) >= 11 is 1.97. The molecule has 0 bridgehead atoms. The standard InChI is InChI=1S/C13H8F3N5O2S2/c1-6-9(7(3-4-17-6)13(14,15)16)10-19-20-11(23-10)25-12-18-5-8(24-12)21(2)22/h2-5,22H,1H3. The summed E-state index contributed by atoms with van der Waals surface area (Å²) < 4.78 is 45.7. The monoisotopic (exact) mass is 387 g/mol. The minimum Gasteiger partial charge on any atom is -0.411 e. The minimum atomic E-state index is -4.58. The first-order chi connectivity index (χ1) is 11.8. The maximum Gasteiger partial charge on any atom is 0.417 e. The Morgan fingerprint density at radius 1 is 1.32 bits per heavy atom. The summed E-state index contributed by atoms with van der Waals surface area (Å²) in [6.07, 6.45) is -2.20. The second-order valence-electron chi connectivity index (χ2n) is 4.60. The molecular weight excluding hydrogens is 379 g/mol. The summed E-state index contributed by atoms with van der Waals surface area (Å²) in [5.41, 5.74) is -1.06. The lowest BCUT2D eigenvalue weighted by Crippen LogP contribution is -2.09. The van der Waals surface area contributed by atoms with Crippen LogP contribution in [0.15, 0.2) is 32.4 Å². The number of hydrogen-bond acceptors (Lipinski definition) is 8. The Hall–Kier alpha value is -2.47. The highest BCUT2D eigenvalue weighted by molar-refractivity contribution is 8.00. The van der Waals surface area contributed by atoms with Crippen LogP contribution in [0.1, 0.15) is 11.3 Å².